The molecule has 1 rings (SSSR count). The molecule has 0 N–H and O–H groups in total. The summed E-state index contributed by atoms with van der Waals surface area (Å²) in [6, 6.07) is 6.93. The number of alkyl halides is 5. The molecule has 0 aliphatic heterocycles. The number of hydrogen-bond donors (Lipinski definition) is 0. The van der Waals surface area contributed by atoms with Gasteiger partial charge in [0.05, 0.1) is 9.65 Å². The van der Waals surface area contributed by atoms with E-state index in [0.717, 1.165) is 5.56 Å². The van der Waals surface area contributed by atoms with Crippen LogP contribution in [0.25, 0.3) is 0 Å². The van der Waals surface area contributed by atoms with Crippen molar-refractivity contribution in [2.24, 2.45) is 0 Å². The van der Waals surface area contributed by atoms with E-state index in [1.807, 2.05) is 6.92 Å². The van der Waals surface area contributed by atoms with Crippen molar-refractivity contribution in [2.45, 2.75) is 22.8 Å². The maximum absolute atomic E-state index is 12.2. The van der Waals surface area contributed by atoms with Crippen molar-refractivity contribution >= 4 is 37.6 Å². The zero-order chi connectivity index (χ0) is 13.2. The highest BCUT2D eigenvalue weighted by molar-refractivity contribution is 9.12. The van der Waals surface area contributed by atoms with Crippen molar-refractivity contribution in [3.63, 3.8) is 0 Å². The predicted molar refractivity (Wildman–Crippen MR) is 66.6 cm³/mol. The lowest BCUT2D eigenvalue weighted by molar-refractivity contribution is -0.170. The summed E-state index contributed by atoms with van der Waals surface area (Å²) in [5, 5.41) is 0. The average molecular weight is 374 g/mol. The number of Topliss-reactive ketones (excluding diaryl/α,β-unsaturated/α-hetero) is 1. The van der Waals surface area contributed by atoms with Gasteiger partial charge in [0.1, 0.15) is 0 Å². The van der Waals surface area contributed by atoms with Crippen LogP contribution in [0.4, 0.5) is 13.2 Å². The third-order valence-corrected chi connectivity index (χ3v) is 4.89. The first kappa shape index (κ1) is 14.7. The SMILES string of the molecule is Cc1ccc(C(Br)C(Br)C(=O)C(F)(F)F)cc1. The van der Waals surface area contributed by atoms with E-state index in [-0.39, 0.29) is 0 Å². The Morgan fingerprint density at radius 3 is 2.06 bits per heavy atom. The number of rotatable bonds is 3. The van der Waals surface area contributed by atoms with E-state index < -0.39 is 21.6 Å². The number of hydrogen-bond acceptors (Lipinski definition) is 1. The molecule has 1 nitrogen and oxygen atoms in total. The first-order valence-electron chi connectivity index (χ1n) is 4.69. The third-order valence-electron chi connectivity index (χ3n) is 2.18. The Morgan fingerprint density at radius 2 is 1.65 bits per heavy atom. The maximum Gasteiger partial charge on any atom is 0.451 e. The van der Waals surface area contributed by atoms with E-state index in [1.54, 1.807) is 24.3 Å². The second kappa shape index (κ2) is 5.52. The van der Waals surface area contributed by atoms with E-state index >= 15 is 0 Å². The van der Waals surface area contributed by atoms with Crippen LogP contribution in [0.1, 0.15) is 16.0 Å². The maximum atomic E-state index is 12.2. The van der Waals surface area contributed by atoms with E-state index in [9.17, 15) is 18.0 Å². The van der Waals surface area contributed by atoms with Crippen molar-refractivity contribution in [3.8, 4) is 0 Å². The van der Waals surface area contributed by atoms with Crippen molar-refractivity contribution in [3.05, 3.63) is 35.4 Å². The van der Waals surface area contributed by atoms with Gasteiger partial charge in [0, 0.05) is 0 Å². The molecule has 0 heterocycles. The number of halogens is 5. The molecular weight excluding hydrogens is 365 g/mol. The number of aryl methyl sites for hydroxylation is 1. The van der Waals surface area contributed by atoms with Gasteiger partial charge in [-0.1, -0.05) is 61.7 Å². The van der Waals surface area contributed by atoms with Crippen LogP contribution < -0.4 is 0 Å². The molecule has 2 atom stereocenters. The van der Waals surface area contributed by atoms with Gasteiger partial charge in [0.25, 0.3) is 5.78 Å². The fraction of sp³-hybridized carbons (Fsp3) is 0.364. The number of ketones is 1. The van der Waals surface area contributed by atoms with Gasteiger partial charge >= 0.3 is 6.18 Å². The van der Waals surface area contributed by atoms with Crippen LogP contribution in [0, 0.1) is 6.92 Å². The van der Waals surface area contributed by atoms with Crippen molar-refractivity contribution < 1.29 is 18.0 Å². The van der Waals surface area contributed by atoms with Gasteiger partial charge < -0.3 is 0 Å². The van der Waals surface area contributed by atoms with Crippen molar-refractivity contribution in [2.75, 3.05) is 0 Å². The van der Waals surface area contributed by atoms with E-state index in [1.165, 1.54) is 0 Å². The molecule has 0 spiro atoms. The highest BCUT2D eigenvalue weighted by Crippen LogP contribution is 2.35. The Kier molecular flexibility index (Phi) is 4.77. The van der Waals surface area contributed by atoms with Gasteiger partial charge in [0.15, 0.2) is 0 Å². The monoisotopic (exact) mass is 372 g/mol. The van der Waals surface area contributed by atoms with Gasteiger partial charge in [-0.05, 0) is 12.5 Å². The van der Waals surface area contributed by atoms with Crippen LogP contribution in [0.2, 0.25) is 0 Å². The summed E-state index contributed by atoms with van der Waals surface area (Å²) >= 11 is 5.88. The van der Waals surface area contributed by atoms with Crippen molar-refractivity contribution in [1.82, 2.24) is 0 Å². The molecule has 1 aromatic carbocycles. The number of carbonyl (C=O) groups is 1. The lowest BCUT2D eigenvalue weighted by Gasteiger charge is -2.17. The molecule has 0 saturated carbocycles. The van der Waals surface area contributed by atoms with Crippen LogP contribution in [-0.2, 0) is 4.79 Å². The largest absolute Gasteiger partial charge is 0.451 e. The van der Waals surface area contributed by atoms with Gasteiger partial charge in [-0.15, -0.1) is 0 Å². The number of carbonyl (C=O) groups excluding carboxylic acids is 1. The molecule has 0 radical (unpaired) electrons. The molecule has 2 unspecified atom stereocenters. The van der Waals surface area contributed by atoms with Gasteiger partial charge in [-0.2, -0.15) is 13.2 Å². The van der Waals surface area contributed by atoms with Crippen LogP contribution >= 0.6 is 31.9 Å². The molecule has 17 heavy (non-hydrogen) atoms. The average Bonchev–Trinajstić information content (AvgIpc) is 2.26. The zero-order valence-corrected chi connectivity index (χ0v) is 11.9. The smallest absolute Gasteiger partial charge is 0.288 e. The molecule has 0 saturated heterocycles. The first-order valence-corrected chi connectivity index (χ1v) is 6.52. The summed E-state index contributed by atoms with van der Waals surface area (Å²) in [7, 11) is 0. The normalized spacial score (nSPS) is 15.4. The second-order valence-corrected chi connectivity index (χ2v) is 5.55. The predicted octanol–water partition coefficient (Wildman–Crippen LogP) is 4.33. The Hall–Kier alpha value is -0.360. The summed E-state index contributed by atoms with van der Waals surface area (Å²) in [6.07, 6.45) is -4.83. The van der Waals surface area contributed by atoms with Crippen LogP contribution in [0.3, 0.4) is 0 Å². The minimum Gasteiger partial charge on any atom is -0.288 e. The first-order chi connectivity index (χ1) is 7.73. The lowest BCUT2D eigenvalue weighted by Crippen LogP contribution is -2.33. The Balaban J connectivity index is 2.87. The number of benzene rings is 1. The van der Waals surface area contributed by atoms with Crippen LogP contribution in [0.5, 0.6) is 0 Å². The van der Waals surface area contributed by atoms with Gasteiger partial charge in [0.2, 0.25) is 0 Å². The summed E-state index contributed by atoms with van der Waals surface area (Å²) < 4.78 is 36.7. The molecule has 0 aromatic heterocycles. The zero-order valence-electron chi connectivity index (χ0n) is 8.76. The topological polar surface area (TPSA) is 17.1 Å². The highest BCUT2D eigenvalue weighted by Gasteiger charge is 2.44. The Labute approximate surface area is 114 Å². The summed E-state index contributed by atoms with van der Waals surface area (Å²) in [6.45, 7) is 1.87. The molecule has 94 valence electrons. The fourth-order valence-electron chi connectivity index (χ4n) is 1.21. The molecule has 6 heteroatoms. The van der Waals surface area contributed by atoms with E-state index in [4.69, 9.17) is 0 Å². The minimum absolute atomic E-state index is 0.620. The summed E-state index contributed by atoms with van der Waals surface area (Å²) in [4.78, 5) is 9.00. The molecule has 0 bridgehead atoms. The molecular formula is C11H9Br2F3O. The third kappa shape index (κ3) is 3.81. The molecule has 1 aromatic rings. The molecule has 0 aliphatic carbocycles. The Morgan fingerprint density at radius 1 is 1.18 bits per heavy atom. The standard InChI is InChI=1S/C11H9Br2F3O/c1-6-2-4-7(5-3-6)8(12)9(13)10(17)11(14,15)16/h2-5,8-9H,1H3. The van der Waals surface area contributed by atoms with Crippen molar-refractivity contribution in [1.29, 1.82) is 0 Å². The van der Waals surface area contributed by atoms with E-state index in [2.05, 4.69) is 31.9 Å². The van der Waals surface area contributed by atoms with Gasteiger partial charge in [-0.25, -0.2) is 0 Å². The van der Waals surface area contributed by atoms with Crippen LogP contribution in [-0.4, -0.2) is 16.8 Å². The van der Waals surface area contributed by atoms with Gasteiger partial charge in [-0.3, -0.25) is 4.79 Å². The molecule has 0 aliphatic rings. The summed E-state index contributed by atoms with van der Waals surface area (Å²) in [5.74, 6) is -1.79. The minimum atomic E-state index is -4.83. The fourth-order valence-corrected chi connectivity index (χ4v) is 2.32. The molecule has 0 fully saturated rings. The highest BCUT2D eigenvalue weighted by atomic mass is 79.9. The Bertz CT molecular complexity index is 400. The van der Waals surface area contributed by atoms with Crippen LogP contribution in [0.15, 0.2) is 24.3 Å². The van der Waals surface area contributed by atoms with E-state index in [0.29, 0.717) is 5.56 Å². The quantitative estimate of drug-likeness (QED) is 0.721. The lowest BCUT2D eigenvalue weighted by atomic mass is 10.1. The second-order valence-electron chi connectivity index (χ2n) is 3.58. The summed E-state index contributed by atoms with van der Waals surface area (Å²) in [5.41, 5.74) is 1.62. The molecule has 0 amide bonds.